The molecule has 0 aliphatic heterocycles. The number of ether oxygens (including phenoxy) is 1. The summed E-state index contributed by atoms with van der Waals surface area (Å²) >= 11 is 0. The summed E-state index contributed by atoms with van der Waals surface area (Å²) in [7, 11) is 0. The van der Waals surface area contributed by atoms with Gasteiger partial charge in [-0.1, -0.05) is 5.16 Å². The van der Waals surface area contributed by atoms with Crippen LogP contribution in [0.25, 0.3) is 33.9 Å². The summed E-state index contributed by atoms with van der Waals surface area (Å²) in [5.41, 5.74) is 0.595. The van der Waals surface area contributed by atoms with Crippen LogP contribution in [0.3, 0.4) is 0 Å². The summed E-state index contributed by atoms with van der Waals surface area (Å²) in [6.45, 7) is 0.913. The normalized spacial score (nSPS) is 11.3. The predicted molar refractivity (Wildman–Crippen MR) is 95.1 cm³/mol. The number of aromatic nitrogens is 5. The number of benzene rings is 1. The Morgan fingerprint density at radius 3 is 2.76 bits per heavy atom. The Balaban J connectivity index is 1.70. The molecule has 0 atom stereocenters. The Bertz CT molecular complexity index is 1240. The van der Waals surface area contributed by atoms with Gasteiger partial charge in [0.2, 0.25) is 17.3 Å². The molecule has 8 nitrogen and oxygen atoms in total. The molecule has 29 heavy (non-hydrogen) atoms. The first-order valence-corrected chi connectivity index (χ1v) is 8.31. The van der Waals surface area contributed by atoms with Crippen molar-refractivity contribution in [2.45, 2.75) is 13.3 Å². The highest BCUT2D eigenvalue weighted by Gasteiger charge is 2.17. The molecule has 4 rings (SSSR count). The fraction of sp³-hybridized carbons (Fsp3) is 0.167. The maximum Gasteiger partial charge on any atom is 0.272 e. The van der Waals surface area contributed by atoms with Crippen molar-refractivity contribution in [3.63, 3.8) is 0 Å². The van der Waals surface area contributed by atoms with Crippen LogP contribution in [-0.2, 0) is 0 Å². The van der Waals surface area contributed by atoms with Gasteiger partial charge in [-0.3, -0.25) is 4.79 Å². The van der Waals surface area contributed by atoms with E-state index in [2.05, 4.69) is 25.1 Å². The molecule has 0 bridgehead atoms. The molecule has 148 valence electrons. The molecule has 4 aromatic rings. The van der Waals surface area contributed by atoms with Gasteiger partial charge in [0.05, 0.1) is 23.5 Å². The van der Waals surface area contributed by atoms with Crippen molar-refractivity contribution in [1.82, 2.24) is 25.1 Å². The first kappa shape index (κ1) is 18.6. The topological polar surface area (TPSA) is 107 Å². The van der Waals surface area contributed by atoms with Crippen molar-refractivity contribution >= 4 is 10.9 Å². The third kappa shape index (κ3) is 3.79. The van der Waals surface area contributed by atoms with Gasteiger partial charge >= 0.3 is 0 Å². The molecule has 0 aliphatic rings. The Labute approximate surface area is 160 Å². The van der Waals surface area contributed by atoms with Crippen molar-refractivity contribution in [2.75, 3.05) is 6.61 Å². The Morgan fingerprint density at radius 2 is 2.03 bits per heavy atom. The molecule has 0 unspecified atom stereocenters. The van der Waals surface area contributed by atoms with Crippen LogP contribution in [0.1, 0.15) is 5.56 Å². The van der Waals surface area contributed by atoms with E-state index in [1.165, 1.54) is 18.3 Å². The molecule has 3 aromatic heterocycles. The van der Waals surface area contributed by atoms with E-state index in [4.69, 9.17) is 9.26 Å². The zero-order valence-electron chi connectivity index (χ0n) is 14.8. The largest absolute Gasteiger partial charge is 0.470 e. The van der Waals surface area contributed by atoms with Crippen LogP contribution < -0.4 is 10.3 Å². The molecule has 0 fully saturated rings. The van der Waals surface area contributed by atoms with E-state index < -0.39 is 24.4 Å². The Morgan fingerprint density at radius 1 is 1.21 bits per heavy atom. The summed E-state index contributed by atoms with van der Waals surface area (Å²) in [6.07, 6.45) is -0.252. The Hall–Kier alpha value is -3.76. The number of aromatic amines is 1. The molecule has 1 aromatic carbocycles. The van der Waals surface area contributed by atoms with Crippen molar-refractivity contribution in [2.24, 2.45) is 0 Å². The number of aryl methyl sites for hydroxylation is 1. The van der Waals surface area contributed by atoms with E-state index in [-0.39, 0.29) is 34.4 Å². The first-order valence-electron chi connectivity index (χ1n) is 8.31. The number of fused-ring (bicyclic) bond motifs is 1. The summed E-state index contributed by atoms with van der Waals surface area (Å²) in [5.74, 6) is -0.622. The lowest BCUT2D eigenvalue weighted by Gasteiger charge is -2.05. The maximum atomic E-state index is 14.2. The number of alkyl halides is 2. The maximum absolute atomic E-state index is 14.2. The van der Waals surface area contributed by atoms with Crippen LogP contribution in [0.5, 0.6) is 5.88 Å². The Kier molecular flexibility index (Phi) is 4.71. The second kappa shape index (κ2) is 7.34. The molecular formula is C18H12F3N5O3. The molecule has 1 N–H and O–H groups in total. The van der Waals surface area contributed by atoms with Crippen LogP contribution in [-0.4, -0.2) is 38.1 Å². The lowest BCUT2D eigenvalue weighted by Crippen LogP contribution is -2.08. The van der Waals surface area contributed by atoms with E-state index in [1.54, 1.807) is 13.0 Å². The fourth-order valence-electron chi connectivity index (χ4n) is 2.72. The summed E-state index contributed by atoms with van der Waals surface area (Å²) in [5, 5.41) is 4.19. The minimum absolute atomic E-state index is 0.0130. The van der Waals surface area contributed by atoms with Crippen molar-refractivity contribution in [3.8, 4) is 28.9 Å². The van der Waals surface area contributed by atoms with Gasteiger partial charge in [0.15, 0.2) is 6.61 Å². The number of rotatable bonds is 5. The van der Waals surface area contributed by atoms with Crippen molar-refractivity contribution in [3.05, 3.63) is 52.3 Å². The monoisotopic (exact) mass is 403 g/mol. The zero-order valence-corrected chi connectivity index (χ0v) is 14.8. The molecule has 0 aliphatic carbocycles. The van der Waals surface area contributed by atoms with Crippen molar-refractivity contribution in [1.29, 1.82) is 0 Å². The van der Waals surface area contributed by atoms with Crippen LogP contribution in [0.15, 0.2) is 39.9 Å². The average Bonchev–Trinajstić information content (AvgIpc) is 3.17. The number of halogens is 3. The zero-order chi connectivity index (χ0) is 20.5. The number of nitrogens with one attached hydrogen (secondary N) is 1. The highest BCUT2D eigenvalue weighted by molar-refractivity contribution is 5.93. The van der Waals surface area contributed by atoms with E-state index >= 15 is 0 Å². The quantitative estimate of drug-likeness (QED) is 0.546. The van der Waals surface area contributed by atoms with Crippen LogP contribution in [0.2, 0.25) is 0 Å². The molecule has 0 spiro atoms. The number of pyridine rings is 1. The fourth-order valence-corrected chi connectivity index (χ4v) is 2.72. The average molecular weight is 403 g/mol. The van der Waals surface area contributed by atoms with Crippen LogP contribution in [0.4, 0.5) is 13.2 Å². The summed E-state index contributed by atoms with van der Waals surface area (Å²) in [6, 6.07) is 4.21. The van der Waals surface area contributed by atoms with Gasteiger partial charge in [-0.05, 0) is 24.6 Å². The summed E-state index contributed by atoms with van der Waals surface area (Å²) < 4.78 is 48.5. The van der Waals surface area contributed by atoms with Gasteiger partial charge in [-0.2, -0.15) is 4.98 Å². The number of H-pyrrole nitrogens is 1. The first-order chi connectivity index (χ1) is 13.9. The van der Waals surface area contributed by atoms with Crippen LogP contribution in [0, 0.1) is 12.7 Å². The van der Waals surface area contributed by atoms with E-state index in [9.17, 15) is 18.0 Å². The molecule has 0 radical (unpaired) electrons. The molecule has 3 heterocycles. The minimum Gasteiger partial charge on any atom is -0.470 e. The highest BCUT2D eigenvalue weighted by atomic mass is 19.3. The SMILES string of the molecule is Cc1cc(F)c2[nH]c(=O)cc(-c3nc(-c4cnc(OCC(F)F)cn4)no3)c2c1. The van der Waals surface area contributed by atoms with E-state index in [1.807, 2.05) is 0 Å². The number of nitrogens with zero attached hydrogens (tertiary/aromatic N) is 4. The van der Waals surface area contributed by atoms with E-state index in [0.29, 0.717) is 10.9 Å². The second-order valence-corrected chi connectivity index (χ2v) is 6.08. The third-order valence-corrected chi connectivity index (χ3v) is 3.92. The lowest BCUT2D eigenvalue weighted by atomic mass is 10.1. The summed E-state index contributed by atoms with van der Waals surface area (Å²) in [4.78, 5) is 26.4. The van der Waals surface area contributed by atoms with Gasteiger partial charge < -0.3 is 14.2 Å². The molecular weight excluding hydrogens is 391 g/mol. The van der Waals surface area contributed by atoms with E-state index in [0.717, 1.165) is 6.20 Å². The van der Waals surface area contributed by atoms with Gasteiger partial charge in [-0.15, -0.1) is 0 Å². The van der Waals surface area contributed by atoms with Gasteiger partial charge in [0, 0.05) is 11.5 Å². The highest BCUT2D eigenvalue weighted by Crippen LogP contribution is 2.28. The van der Waals surface area contributed by atoms with Gasteiger partial charge in [0.25, 0.3) is 12.3 Å². The molecule has 0 saturated carbocycles. The van der Waals surface area contributed by atoms with Crippen LogP contribution >= 0.6 is 0 Å². The molecule has 11 heteroatoms. The minimum atomic E-state index is -2.63. The van der Waals surface area contributed by atoms with Gasteiger partial charge in [-0.25, -0.2) is 23.1 Å². The van der Waals surface area contributed by atoms with Gasteiger partial charge in [0.1, 0.15) is 11.5 Å². The second-order valence-electron chi connectivity index (χ2n) is 6.08. The molecule has 0 saturated heterocycles. The number of hydrogen-bond donors (Lipinski definition) is 1. The third-order valence-electron chi connectivity index (χ3n) is 3.92. The van der Waals surface area contributed by atoms with Crippen molar-refractivity contribution < 1.29 is 22.4 Å². The molecule has 0 amide bonds. The smallest absolute Gasteiger partial charge is 0.272 e. The predicted octanol–water partition coefficient (Wildman–Crippen LogP) is 3.13. The number of hydrogen-bond acceptors (Lipinski definition) is 7. The lowest BCUT2D eigenvalue weighted by molar-refractivity contribution is 0.0794. The standard InChI is InChI=1S/C18H12F3N5O3/c1-8-2-9-10(4-14(27)24-16(9)11(19)3-8)18-25-17(26-29-18)12-5-23-15(6-22-12)28-7-13(20)21/h2-6,13H,7H2,1H3,(H,24,27).